The number of rotatable bonds is 6. The lowest BCUT2D eigenvalue weighted by molar-refractivity contribution is 0.192. The van der Waals surface area contributed by atoms with Gasteiger partial charge in [0.2, 0.25) is 0 Å². The number of ether oxygens (including phenoxy) is 1. The van der Waals surface area contributed by atoms with Crippen LogP contribution in [0.3, 0.4) is 0 Å². The topological polar surface area (TPSA) is 9.23 Å². The molecular formula is C8H17O. The Bertz CT molecular complexity index is 37.8. The zero-order valence-corrected chi connectivity index (χ0v) is 6.36. The van der Waals surface area contributed by atoms with Gasteiger partial charge in [-0.15, -0.1) is 0 Å². The van der Waals surface area contributed by atoms with Gasteiger partial charge in [-0.25, -0.2) is 0 Å². The minimum Gasteiger partial charge on any atom is -0.385 e. The van der Waals surface area contributed by atoms with Crippen molar-refractivity contribution < 1.29 is 4.74 Å². The van der Waals surface area contributed by atoms with Gasteiger partial charge in [0.1, 0.15) is 0 Å². The van der Waals surface area contributed by atoms with Crippen LogP contribution in [0.5, 0.6) is 0 Å². The predicted octanol–water partition coefficient (Wildman–Crippen LogP) is 2.42. The van der Waals surface area contributed by atoms with Crippen LogP contribution in [0.1, 0.15) is 32.1 Å². The smallest absolute Gasteiger partial charge is 0.0462 e. The van der Waals surface area contributed by atoms with Gasteiger partial charge in [-0.3, -0.25) is 0 Å². The average molecular weight is 129 g/mol. The molecule has 0 aliphatic carbocycles. The van der Waals surface area contributed by atoms with Crippen molar-refractivity contribution in [2.75, 3.05) is 13.7 Å². The number of unbranched alkanes of at least 4 members (excludes halogenated alkanes) is 4. The molecule has 0 aromatic heterocycles. The molecule has 0 N–H and O–H groups in total. The molecule has 1 heteroatoms. The SMILES string of the molecule is [CH2]CCCCCCOC. The minimum atomic E-state index is 0.914. The maximum atomic E-state index is 4.91. The average Bonchev–Trinajstić information content (AvgIpc) is 1.89. The molecule has 0 aromatic carbocycles. The van der Waals surface area contributed by atoms with E-state index in [0.29, 0.717) is 0 Å². The minimum absolute atomic E-state index is 0.914. The van der Waals surface area contributed by atoms with Crippen molar-refractivity contribution in [2.24, 2.45) is 0 Å². The maximum absolute atomic E-state index is 4.91. The van der Waals surface area contributed by atoms with Crippen molar-refractivity contribution in [3.8, 4) is 0 Å². The fraction of sp³-hybridized carbons (Fsp3) is 0.875. The summed E-state index contributed by atoms with van der Waals surface area (Å²) in [5.74, 6) is 0. The Morgan fingerprint density at radius 3 is 2.33 bits per heavy atom. The normalized spacial score (nSPS) is 10.0. The van der Waals surface area contributed by atoms with Crippen molar-refractivity contribution in [3.63, 3.8) is 0 Å². The van der Waals surface area contributed by atoms with E-state index in [1.165, 1.54) is 25.7 Å². The van der Waals surface area contributed by atoms with E-state index in [9.17, 15) is 0 Å². The number of methoxy groups -OCH3 is 1. The van der Waals surface area contributed by atoms with Gasteiger partial charge in [0.25, 0.3) is 0 Å². The Kier molecular flexibility index (Phi) is 7.92. The zero-order chi connectivity index (χ0) is 6.95. The van der Waals surface area contributed by atoms with Crippen molar-refractivity contribution in [2.45, 2.75) is 32.1 Å². The first kappa shape index (κ1) is 8.96. The van der Waals surface area contributed by atoms with E-state index in [4.69, 9.17) is 4.74 Å². The van der Waals surface area contributed by atoms with Crippen LogP contribution >= 0.6 is 0 Å². The van der Waals surface area contributed by atoms with E-state index >= 15 is 0 Å². The summed E-state index contributed by atoms with van der Waals surface area (Å²) in [6.45, 7) is 4.69. The molecule has 0 heterocycles. The third-order valence-electron chi connectivity index (χ3n) is 1.35. The summed E-state index contributed by atoms with van der Waals surface area (Å²) < 4.78 is 4.91. The molecule has 0 aliphatic heterocycles. The molecule has 1 nitrogen and oxygen atoms in total. The van der Waals surface area contributed by atoms with Gasteiger partial charge in [-0.05, 0) is 6.42 Å². The fourth-order valence-electron chi connectivity index (χ4n) is 0.777. The molecule has 0 fully saturated rings. The van der Waals surface area contributed by atoms with Crippen LogP contribution < -0.4 is 0 Å². The van der Waals surface area contributed by atoms with E-state index in [1.807, 2.05) is 0 Å². The first-order valence-electron chi connectivity index (χ1n) is 3.70. The molecule has 0 saturated carbocycles. The summed E-state index contributed by atoms with van der Waals surface area (Å²) in [7, 11) is 1.75. The molecule has 0 saturated heterocycles. The monoisotopic (exact) mass is 129 g/mol. The molecule has 1 radical (unpaired) electrons. The highest BCUT2D eigenvalue weighted by Crippen LogP contribution is 2.01. The number of hydrogen-bond donors (Lipinski definition) is 0. The first-order valence-corrected chi connectivity index (χ1v) is 3.70. The Morgan fingerprint density at radius 2 is 1.78 bits per heavy atom. The van der Waals surface area contributed by atoms with Crippen molar-refractivity contribution >= 4 is 0 Å². The van der Waals surface area contributed by atoms with Crippen LogP contribution in [0.4, 0.5) is 0 Å². The van der Waals surface area contributed by atoms with Crippen LogP contribution in [0.2, 0.25) is 0 Å². The Balaban J connectivity index is 2.60. The van der Waals surface area contributed by atoms with E-state index in [0.717, 1.165) is 13.0 Å². The van der Waals surface area contributed by atoms with Crippen molar-refractivity contribution in [1.29, 1.82) is 0 Å². The summed E-state index contributed by atoms with van der Waals surface area (Å²) in [4.78, 5) is 0. The quantitative estimate of drug-likeness (QED) is 0.500. The molecule has 0 amide bonds. The predicted molar refractivity (Wildman–Crippen MR) is 40.3 cm³/mol. The summed E-state index contributed by atoms with van der Waals surface area (Å²) in [5, 5.41) is 0. The van der Waals surface area contributed by atoms with Gasteiger partial charge < -0.3 is 4.74 Å². The molecule has 0 unspecified atom stereocenters. The highest BCUT2D eigenvalue weighted by atomic mass is 16.5. The molecule has 0 spiro atoms. The summed E-state index contributed by atoms with van der Waals surface area (Å²) in [6.07, 6.45) is 6.16. The van der Waals surface area contributed by atoms with Crippen LogP contribution in [0.25, 0.3) is 0 Å². The molecular weight excluding hydrogens is 112 g/mol. The number of hydrogen-bond acceptors (Lipinski definition) is 1. The van der Waals surface area contributed by atoms with E-state index in [1.54, 1.807) is 7.11 Å². The second-order valence-corrected chi connectivity index (χ2v) is 2.26. The largest absolute Gasteiger partial charge is 0.385 e. The molecule has 55 valence electrons. The molecule has 0 aromatic rings. The summed E-state index contributed by atoms with van der Waals surface area (Å²) >= 11 is 0. The van der Waals surface area contributed by atoms with Crippen LogP contribution in [-0.4, -0.2) is 13.7 Å². The van der Waals surface area contributed by atoms with E-state index in [2.05, 4.69) is 6.92 Å². The van der Waals surface area contributed by atoms with Crippen molar-refractivity contribution in [3.05, 3.63) is 6.92 Å². The molecule has 0 aliphatic rings. The molecule has 0 atom stereocenters. The lowest BCUT2D eigenvalue weighted by Crippen LogP contribution is -1.87. The molecule has 9 heavy (non-hydrogen) atoms. The second kappa shape index (κ2) is 7.96. The van der Waals surface area contributed by atoms with Crippen molar-refractivity contribution in [1.82, 2.24) is 0 Å². The Morgan fingerprint density at radius 1 is 1.11 bits per heavy atom. The van der Waals surface area contributed by atoms with Gasteiger partial charge in [0, 0.05) is 13.7 Å². The summed E-state index contributed by atoms with van der Waals surface area (Å²) in [6, 6.07) is 0. The second-order valence-electron chi connectivity index (χ2n) is 2.26. The molecule has 0 rings (SSSR count). The lowest BCUT2D eigenvalue weighted by Gasteiger charge is -1.96. The van der Waals surface area contributed by atoms with Crippen LogP contribution in [0.15, 0.2) is 0 Å². The highest BCUT2D eigenvalue weighted by Gasteiger charge is 1.85. The van der Waals surface area contributed by atoms with Gasteiger partial charge in [0.15, 0.2) is 0 Å². The van der Waals surface area contributed by atoms with Gasteiger partial charge >= 0.3 is 0 Å². The third kappa shape index (κ3) is 7.96. The molecule has 0 bridgehead atoms. The third-order valence-corrected chi connectivity index (χ3v) is 1.35. The lowest BCUT2D eigenvalue weighted by atomic mass is 10.2. The summed E-state index contributed by atoms with van der Waals surface area (Å²) in [5.41, 5.74) is 0. The van der Waals surface area contributed by atoms with Gasteiger partial charge in [-0.1, -0.05) is 32.6 Å². The maximum Gasteiger partial charge on any atom is 0.0462 e. The first-order chi connectivity index (χ1) is 4.41. The Hall–Kier alpha value is -0.0400. The van der Waals surface area contributed by atoms with E-state index < -0.39 is 0 Å². The standard InChI is InChI=1S/C8H17O/c1-3-4-5-6-7-8-9-2/h1,3-8H2,2H3. The highest BCUT2D eigenvalue weighted by molar-refractivity contribution is 4.44. The zero-order valence-electron chi connectivity index (χ0n) is 6.36. The van der Waals surface area contributed by atoms with Crippen LogP contribution in [0, 0.1) is 6.92 Å². The van der Waals surface area contributed by atoms with Gasteiger partial charge in [-0.2, -0.15) is 0 Å². The van der Waals surface area contributed by atoms with E-state index in [-0.39, 0.29) is 0 Å². The Labute approximate surface area is 58.4 Å². The fourth-order valence-corrected chi connectivity index (χ4v) is 0.777. The van der Waals surface area contributed by atoms with Crippen LogP contribution in [-0.2, 0) is 4.74 Å². The van der Waals surface area contributed by atoms with Gasteiger partial charge in [0.05, 0.1) is 0 Å².